The molecular formula is C17H16N2O4. The molecule has 0 atom stereocenters. The van der Waals surface area contributed by atoms with E-state index in [2.05, 4.69) is 0 Å². The number of nitriles is 1. The van der Waals surface area contributed by atoms with E-state index in [9.17, 15) is 20.0 Å². The molecule has 1 fully saturated rings. The Bertz CT molecular complexity index is 850. The first-order chi connectivity index (χ1) is 11.1. The van der Waals surface area contributed by atoms with E-state index in [1.165, 1.54) is 23.8 Å². The van der Waals surface area contributed by atoms with Crippen molar-refractivity contribution in [1.29, 1.82) is 5.26 Å². The lowest BCUT2D eigenvalue weighted by molar-refractivity contribution is 0.100. The number of aromatic nitrogens is 1. The Morgan fingerprint density at radius 1 is 1.43 bits per heavy atom. The molecule has 2 aromatic rings. The molecule has 6 nitrogen and oxygen atoms in total. The number of furan rings is 1. The number of carbonyl (C=O) groups is 1. The molecule has 0 amide bonds. The maximum absolute atomic E-state index is 12.6. The van der Waals surface area contributed by atoms with Gasteiger partial charge in [0.25, 0.3) is 5.56 Å². The molecule has 1 aliphatic rings. The normalized spacial score (nSPS) is 14.8. The van der Waals surface area contributed by atoms with E-state index in [1.807, 2.05) is 6.07 Å². The minimum Gasteiger partial charge on any atom is -0.494 e. The predicted molar refractivity (Wildman–Crippen MR) is 81.5 cm³/mol. The van der Waals surface area contributed by atoms with Crippen LogP contribution in [0.4, 0.5) is 0 Å². The highest BCUT2D eigenvalue weighted by Crippen LogP contribution is 2.34. The summed E-state index contributed by atoms with van der Waals surface area (Å²) in [5, 5.41) is 19.9. The molecule has 1 aliphatic carbocycles. The Morgan fingerprint density at radius 3 is 2.70 bits per heavy atom. The summed E-state index contributed by atoms with van der Waals surface area (Å²) in [6.07, 6.45) is 4.75. The number of aromatic hydroxyl groups is 1. The van der Waals surface area contributed by atoms with Crippen LogP contribution in [0.3, 0.4) is 0 Å². The molecule has 3 rings (SSSR count). The highest BCUT2D eigenvalue weighted by molar-refractivity contribution is 6.09. The van der Waals surface area contributed by atoms with Gasteiger partial charge in [0.1, 0.15) is 11.6 Å². The van der Waals surface area contributed by atoms with Gasteiger partial charge in [0, 0.05) is 6.04 Å². The fraction of sp³-hybridized carbons (Fsp3) is 0.353. The van der Waals surface area contributed by atoms with Crippen molar-refractivity contribution in [3.05, 3.63) is 51.2 Å². The van der Waals surface area contributed by atoms with Gasteiger partial charge in [-0.15, -0.1) is 0 Å². The Kier molecular flexibility index (Phi) is 3.78. The molecule has 0 aromatic carbocycles. The predicted octanol–water partition coefficient (Wildman–Crippen LogP) is 2.67. The van der Waals surface area contributed by atoms with Gasteiger partial charge in [0.05, 0.1) is 11.8 Å². The first-order valence-electron chi connectivity index (χ1n) is 7.52. The number of hydrogen-bond donors (Lipinski definition) is 1. The van der Waals surface area contributed by atoms with Crippen LogP contribution in [0.15, 0.2) is 27.6 Å². The lowest BCUT2D eigenvalue weighted by Crippen LogP contribution is -2.29. The lowest BCUT2D eigenvalue weighted by Gasteiger charge is -2.19. The van der Waals surface area contributed by atoms with Gasteiger partial charge in [-0.05, 0) is 37.5 Å². The molecule has 118 valence electrons. The van der Waals surface area contributed by atoms with E-state index < -0.39 is 11.3 Å². The quantitative estimate of drug-likeness (QED) is 0.879. The second-order valence-corrected chi connectivity index (χ2v) is 5.73. The van der Waals surface area contributed by atoms with Crippen molar-refractivity contribution in [1.82, 2.24) is 4.57 Å². The zero-order chi connectivity index (χ0) is 16.6. The molecule has 0 saturated heterocycles. The third-order valence-electron chi connectivity index (χ3n) is 4.41. The largest absolute Gasteiger partial charge is 0.494 e. The van der Waals surface area contributed by atoms with E-state index in [1.54, 1.807) is 6.07 Å². The van der Waals surface area contributed by atoms with Gasteiger partial charge in [-0.25, -0.2) is 0 Å². The molecule has 0 bridgehead atoms. The summed E-state index contributed by atoms with van der Waals surface area (Å²) in [5.41, 5.74) is -0.497. The Balaban J connectivity index is 2.27. The Hall–Kier alpha value is -2.81. The summed E-state index contributed by atoms with van der Waals surface area (Å²) in [6, 6.07) is 4.74. The number of pyridine rings is 1. The monoisotopic (exact) mass is 312 g/mol. The van der Waals surface area contributed by atoms with Crippen molar-refractivity contribution >= 4 is 5.78 Å². The molecule has 0 aliphatic heterocycles. The van der Waals surface area contributed by atoms with Crippen LogP contribution in [0.1, 0.15) is 59.0 Å². The van der Waals surface area contributed by atoms with Crippen molar-refractivity contribution in [3.63, 3.8) is 0 Å². The van der Waals surface area contributed by atoms with Crippen LogP contribution in [-0.4, -0.2) is 15.5 Å². The second kappa shape index (κ2) is 5.76. The molecule has 0 unspecified atom stereocenters. The van der Waals surface area contributed by atoms with Crippen molar-refractivity contribution in [2.75, 3.05) is 0 Å². The average Bonchev–Trinajstić information content (AvgIpc) is 3.21. The summed E-state index contributed by atoms with van der Waals surface area (Å²) in [5.74, 6) is -0.850. The fourth-order valence-electron chi connectivity index (χ4n) is 3.23. The summed E-state index contributed by atoms with van der Waals surface area (Å²) < 4.78 is 6.30. The molecule has 6 heteroatoms. The van der Waals surface area contributed by atoms with Crippen LogP contribution >= 0.6 is 0 Å². The number of carbonyl (C=O) groups excluding carboxylic acids is 1. The zero-order valence-electron chi connectivity index (χ0n) is 12.7. The third-order valence-corrected chi connectivity index (χ3v) is 4.41. The van der Waals surface area contributed by atoms with Crippen LogP contribution in [-0.2, 0) is 0 Å². The van der Waals surface area contributed by atoms with E-state index in [4.69, 9.17) is 4.42 Å². The van der Waals surface area contributed by atoms with Gasteiger partial charge in [-0.3, -0.25) is 14.2 Å². The van der Waals surface area contributed by atoms with Crippen molar-refractivity contribution in [2.45, 2.75) is 38.6 Å². The second-order valence-electron chi connectivity index (χ2n) is 5.73. The molecule has 0 spiro atoms. The van der Waals surface area contributed by atoms with Crippen molar-refractivity contribution in [2.24, 2.45) is 0 Å². The molecule has 23 heavy (non-hydrogen) atoms. The van der Waals surface area contributed by atoms with E-state index in [0.717, 1.165) is 25.7 Å². The van der Waals surface area contributed by atoms with E-state index >= 15 is 0 Å². The number of nitrogens with zero attached hydrogens (tertiary/aromatic N) is 2. The van der Waals surface area contributed by atoms with Crippen LogP contribution in [0.5, 0.6) is 5.88 Å². The summed E-state index contributed by atoms with van der Waals surface area (Å²) in [6.45, 7) is 1.49. The Labute approximate surface area is 132 Å². The van der Waals surface area contributed by atoms with Gasteiger partial charge in [-0.1, -0.05) is 12.8 Å². The lowest BCUT2D eigenvalue weighted by atomic mass is 9.99. The first kappa shape index (κ1) is 15.1. The highest BCUT2D eigenvalue weighted by atomic mass is 16.3. The van der Waals surface area contributed by atoms with Crippen LogP contribution in [0.25, 0.3) is 0 Å². The maximum atomic E-state index is 12.6. The highest BCUT2D eigenvalue weighted by Gasteiger charge is 2.30. The van der Waals surface area contributed by atoms with Gasteiger partial charge in [0.15, 0.2) is 5.76 Å². The van der Waals surface area contributed by atoms with Gasteiger partial charge >= 0.3 is 0 Å². The van der Waals surface area contributed by atoms with Crippen molar-refractivity contribution in [3.8, 4) is 11.9 Å². The van der Waals surface area contributed by atoms with Crippen molar-refractivity contribution < 1.29 is 14.3 Å². The number of hydrogen-bond acceptors (Lipinski definition) is 5. The van der Waals surface area contributed by atoms with Gasteiger partial charge in [0.2, 0.25) is 11.7 Å². The minimum absolute atomic E-state index is 0.0389. The van der Waals surface area contributed by atoms with Crippen LogP contribution in [0, 0.1) is 18.3 Å². The molecule has 2 aromatic heterocycles. The molecule has 0 radical (unpaired) electrons. The molecule has 1 saturated carbocycles. The Morgan fingerprint density at radius 2 is 2.13 bits per heavy atom. The standard InChI is InChI=1S/C17H16N2O4/c1-10-12(9-18)16(21)19(11-5-2-3-6-11)17(22)14(10)15(20)13-7-4-8-23-13/h4,7-8,11,22H,2-3,5-6H2,1H3. The number of rotatable bonds is 3. The topological polar surface area (TPSA) is 96.2 Å². The van der Waals surface area contributed by atoms with Gasteiger partial charge in [-0.2, -0.15) is 5.26 Å². The fourth-order valence-corrected chi connectivity index (χ4v) is 3.23. The van der Waals surface area contributed by atoms with E-state index in [-0.39, 0.29) is 34.4 Å². The number of ketones is 1. The summed E-state index contributed by atoms with van der Waals surface area (Å²) in [4.78, 5) is 25.2. The maximum Gasteiger partial charge on any atom is 0.271 e. The smallest absolute Gasteiger partial charge is 0.271 e. The van der Waals surface area contributed by atoms with Crippen LogP contribution in [0.2, 0.25) is 0 Å². The van der Waals surface area contributed by atoms with Gasteiger partial charge < -0.3 is 9.52 Å². The van der Waals surface area contributed by atoms with Crippen LogP contribution < -0.4 is 5.56 Å². The summed E-state index contributed by atoms with van der Waals surface area (Å²) >= 11 is 0. The molecule has 2 heterocycles. The average molecular weight is 312 g/mol. The SMILES string of the molecule is Cc1c(C(=O)c2ccco2)c(O)n(C2CCCC2)c(=O)c1C#N. The minimum atomic E-state index is -0.537. The zero-order valence-corrected chi connectivity index (χ0v) is 12.7. The first-order valence-corrected chi connectivity index (χ1v) is 7.52. The van der Waals surface area contributed by atoms with E-state index in [0.29, 0.717) is 0 Å². The molecule has 1 N–H and O–H groups in total. The molecular weight excluding hydrogens is 296 g/mol. The third kappa shape index (κ3) is 2.34. The summed E-state index contributed by atoms with van der Waals surface area (Å²) in [7, 11) is 0.